The van der Waals surface area contributed by atoms with Crippen molar-refractivity contribution in [2.45, 2.75) is 58.4 Å². The number of hydrogen-bond acceptors (Lipinski definition) is 4. The van der Waals surface area contributed by atoms with Crippen LogP contribution in [0.3, 0.4) is 0 Å². The second-order valence-corrected chi connectivity index (χ2v) is 6.55. The van der Waals surface area contributed by atoms with E-state index in [2.05, 4.69) is 17.4 Å². The first-order valence-corrected chi connectivity index (χ1v) is 8.95. The third-order valence-corrected chi connectivity index (χ3v) is 3.84. The Morgan fingerprint density at radius 1 is 1.00 bits per heavy atom. The largest absolute Gasteiger partial charge is 0.389 e. The van der Waals surface area contributed by atoms with Crippen LogP contribution < -0.4 is 10.4 Å². The topological polar surface area (TPSA) is 44.8 Å². The van der Waals surface area contributed by atoms with Crippen molar-refractivity contribution < 1.29 is 9.63 Å². The van der Waals surface area contributed by atoms with Crippen LogP contribution in [0, 0.1) is 0 Å². The molecule has 136 valence electrons. The molecule has 1 aromatic rings. The molecular weight excluding hydrogens is 302 g/mol. The summed E-state index contributed by atoms with van der Waals surface area (Å²) < 4.78 is 0. The molecular formula is C19H33N3O2. The van der Waals surface area contributed by atoms with Crippen LogP contribution in [0.1, 0.15) is 57.4 Å². The molecule has 0 aliphatic heterocycles. The first-order chi connectivity index (χ1) is 11.5. The van der Waals surface area contributed by atoms with Crippen LogP contribution in [0.5, 0.6) is 5.75 Å². The summed E-state index contributed by atoms with van der Waals surface area (Å²) >= 11 is 0. The van der Waals surface area contributed by atoms with Crippen molar-refractivity contribution in [1.29, 1.82) is 0 Å². The maximum absolute atomic E-state index is 12.0. The summed E-state index contributed by atoms with van der Waals surface area (Å²) in [6.07, 6.45) is 7.64. The number of unbranched alkanes of at least 4 members (excludes halogenated alkanes) is 5. The lowest BCUT2D eigenvalue weighted by molar-refractivity contribution is -0.140. The van der Waals surface area contributed by atoms with Gasteiger partial charge in [0.15, 0.2) is 0 Å². The molecule has 1 aromatic carbocycles. The van der Waals surface area contributed by atoms with Crippen LogP contribution in [0.15, 0.2) is 24.3 Å². The second-order valence-electron chi connectivity index (χ2n) is 6.55. The molecule has 0 saturated carbocycles. The molecule has 0 atom stereocenters. The first kappa shape index (κ1) is 20.5. The van der Waals surface area contributed by atoms with Gasteiger partial charge < -0.3 is 9.74 Å². The molecule has 0 radical (unpaired) electrons. The van der Waals surface area contributed by atoms with Gasteiger partial charge in [0.05, 0.1) is 0 Å². The normalized spacial score (nSPS) is 10.9. The molecule has 0 bridgehead atoms. The lowest BCUT2D eigenvalue weighted by atomic mass is 10.1. The SMILES string of the molecule is CCCCCCCCC(=O)N(C)NOc1ccc(CN(C)C)cc1. The molecule has 0 heterocycles. The van der Waals surface area contributed by atoms with Gasteiger partial charge >= 0.3 is 0 Å². The van der Waals surface area contributed by atoms with Crippen molar-refractivity contribution in [3.63, 3.8) is 0 Å². The summed E-state index contributed by atoms with van der Waals surface area (Å²) in [5.74, 6) is 0.742. The van der Waals surface area contributed by atoms with Crippen molar-refractivity contribution in [2.75, 3.05) is 21.1 Å². The number of hydrogen-bond donors (Lipinski definition) is 1. The molecule has 0 aliphatic rings. The van der Waals surface area contributed by atoms with Crippen LogP contribution in [-0.2, 0) is 11.3 Å². The molecule has 1 rings (SSSR count). The molecule has 0 aliphatic carbocycles. The minimum atomic E-state index is 0.0507. The predicted molar refractivity (Wildman–Crippen MR) is 98.4 cm³/mol. The monoisotopic (exact) mass is 335 g/mol. The van der Waals surface area contributed by atoms with E-state index in [1.54, 1.807) is 7.05 Å². The highest BCUT2D eigenvalue weighted by Crippen LogP contribution is 2.12. The molecule has 1 amide bonds. The first-order valence-electron chi connectivity index (χ1n) is 8.95. The van der Waals surface area contributed by atoms with Gasteiger partial charge in [-0.2, -0.15) is 0 Å². The summed E-state index contributed by atoms with van der Waals surface area (Å²) in [7, 11) is 5.77. The summed E-state index contributed by atoms with van der Waals surface area (Å²) in [4.78, 5) is 19.6. The molecule has 0 aromatic heterocycles. The Kier molecular flexibility index (Phi) is 10.1. The summed E-state index contributed by atoms with van der Waals surface area (Å²) in [5.41, 5.74) is 3.92. The molecule has 0 spiro atoms. The highest BCUT2D eigenvalue weighted by atomic mass is 16.7. The van der Waals surface area contributed by atoms with Crippen molar-refractivity contribution in [3.8, 4) is 5.75 Å². The van der Waals surface area contributed by atoms with Gasteiger partial charge in [0.2, 0.25) is 5.91 Å². The maximum Gasteiger partial charge on any atom is 0.238 e. The van der Waals surface area contributed by atoms with Gasteiger partial charge in [0.25, 0.3) is 0 Å². The van der Waals surface area contributed by atoms with E-state index in [1.807, 2.05) is 38.4 Å². The van der Waals surface area contributed by atoms with Gasteiger partial charge in [0.1, 0.15) is 5.75 Å². The summed E-state index contributed by atoms with van der Waals surface area (Å²) in [5, 5.41) is 1.42. The smallest absolute Gasteiger partial charge is 0.238 e. The zero-order valence-corrected chi connectivity index (χ0v) is 15.7. The maximum atomic E-state index is 12.0. The van der Waals surface area contributed by atoms with Crippen LogP contribution in [-0.4, -0.2) is 37.0 Å². The van der Waals surface area contributed by atoms with Crippen molar-refractivity contribution in [2.24, 2.45) is 0 Å². The highest BCUT2D eigenvalue weighted by Gasteiger charge is 2.08. The van der Waals surface area contributed by atoms with E-state index in [1.165, 1.54) is 36.3 Å². The van der Waals surface area contributed by atoms with E-state index in [-0.39, 0.29) is 5.91 Å². The Hall–Kier alpha value is -1.59. The molecule has 0 fully saturated rings. The molecule has 24 heavy (non-hydrogen) atoms. The molecule has 0 unspecified atom stereocenters. The van der Waals surface area contributed by atoms with Crippen LogP contribution in [0.25, 0.3) is 0 Å². The van der Waals surface area contributed by atoms with Gasteiger partial charge in [-0.05, 0) is 38.2 Å². The van der Waals surface area contributed by atoms with Crippen LogP contribution in [0.4, 0.5) is 0 Å². The Balaban J connectivity index is 2.22. The average Bonchev–Trinajstić information content (AvgIpc) is 2.56. The van der Waals surface area contributed by atoms with E-state index in [9.17, 15) is 4.79 Å². The molecule has 5 heteroatoms. The minimum Gasteiger partial charge on any atom is -0.389 e. The lowest BCUT2D eigenvalue weighted by Gasteiger charge is -2.18. The number of rotatable bonds is 12. The number of benzene rings is 1. The van der Waals surface area contributed by atoms with Crippen molar-refractivity contribution in [1.82, 2.24) is 15.5 Å². The van der Waals surface area contributed by atoms with Gasteiger partial charge in [0, 0.05) is 20.0 Å². The quantitative estimate of drug-likeness (QED) is 0.467. The third-order valence-electron chi connectivity index (χ3n) is 3.84. The number of nitrogens with one attached hydrogen (secondary N) is 1. The Bertz CT molecular complexity index is 460. The fourth-order valence-electron chi connectivity index (χ4n) is 2.42. The number of amides is 1. The number of nitrogens with zero attached hydrogens (tertiary/aromatic N) is 2. The zero-order chi connectivity index (χ0) is 17.8. The van der Waals surface area contributed by atoms with Crippen molar-refractivity contribution >= 4 is 5.91 Å². The average molecular weight is 335 g/mol. The second kappa shape index (κ2) is 11.9. The van der Waals surface area contributed by atoms with Crippen LogP contribution in [0.2, 0.25) is 0 Å². The van der Waals surface area contributed by atoms with Crippen LogP contribution >= 0.6 is 0 Å². The Labute approximate surface area is 146 Å². The lowest BCUT2D eigenvalue weighted by Crippen LogP contribution is -2.41. The standard InChI is InChI=1S/C19H33N3O2/c1-5-6-7-8-9-10-11-19(23)22(4)20-24-18-14-12-17(13-15-18)16-21(2)3/h12-15,20H,5-11,16H2,1-4H3. The van der Waals surface area contributed by atoms with Gasteiger partial charge in [-0.25, -0.2) is 5.01 Å². The highest BCUT2D eigenvalue weighted by molar-refractivity contribution is 5.75. The van der Waals surface area contributed by atoms with E-state index < -0.39 is 0 Å². The third kappa shape index (κ3) is 8.89. The molecule has 1 N–H and O–H groups in total. The summed E-state index contributed by atoms with van der Waals surface area (Å²) in [6.45, 7) is 3.10. The Morgan fingerprint density at radius 2 is 1.62 bits per heavy atom. The van der Waals surface area contributed by atoms with E-state index >= 15 is 0 Å². The summed E-state index contributed by atoms with van der Waals surface area (Å²) in [6, 6.07) is 7.85. The minimum absolute atomic E-state index is 0.0507. The van der Waals surface area contributed by atoms with Gasteiger partial charge in [-0.15, -0.1) is 0 Å². The Morgan fingerprint density at radius 3 is 2.25 bits per heavy atom. The van der Waals surface area contributed by atoms with E-state index in [4.69, 9.17) is 4.84 Å². The van der Waals surface area contributed by atoms with E-state index in [0.717, 1.165) is 19.4 Å². The fraction of sp³-hybridized carbons (Fsp3) is 0.632. The number of carbonyl (C=O) groups excluding carboxylic acids is 1. The zero-order valence-electron chi connectivity index (χ0n) is 15.7. The predicted octanol–water partition coefficient (Wildman–Crippen LogP) is 3.76. The molecule has 0 saturated heterocycles. The van der Waals surface area contributed by atoms with Gasteiger partial charge in [-0.3, -0.25) is 4.79 Å². The molecule has 5 nitrogen and oxygen atoms in total. The van der Waals surface area contributed by atoms with Gasteiger partial charge in [-0.1, -0.05) is 56.7 Å². The van der Waals surface area contributed by atoms with E-state index in [0.29, 0.717) is 12.2 Å². The fourth-order valence-corrected chi connectivity index (χ4v) is 2.42. The number of hydrazine groups is 1. The number of carbonyl (C=O) groups is 1. The van der Waals surface area contributed by atoms with Crippen molar-refractivity contribution in [3.05, 3.63) is 29.8 Å².